The summed E-state index contributed by atoms with van der Waals surface area (Å²) in [7, 11) is 0. The van der Waals surface area contributed by atoms with Crippen LogP contribution in [0.25, 0.3) is 6.08 Å². The minimum atomic E-state index is -0.165. The predicted octanol–water partition coefficient (Wildman–Crippen LogP) is 4.72. The summed E-state index contributed by atoms with van der Waals surface area (Å²) < 4.78 is 5.62. The molecule has 25 heavy (non-hydrogen) atoms. The minimum Gasteiger partial charge on any atom is -0.494 e. The average Bonchev–Trinajstić information content (AvgIpc) is 2.60. The van der Waals surface area contributed by atoms with Gasteiger partial charge in [0, 0.05) is 18.2 Å². The van der Waals surface area contributed by atoms with Crippen LogP contribution in [0.2, 0.25) is 0 Å². The number of ketones is 1. The van der Waals surface area contributed by atoms with Crippen LogP contribution in [-0.4, -0.2) is 18.3 Å². The summed E-state index contributed by atoms with van der Waals surface area (Å²) in [5, 5.41) is 2.67. The van der Waals surface area contributed by atoms with Crippen LogP contribution in [0.4, 0.5) is 5.69 Å². The number of rotatable bonds is 8. The van der Waals surface area contributed by atoms with Crippen LogP contribution >= 0.6 is 0 Å². The maximum Gasteiger partial charge on any atom is 0.221 e. The van der Waals surface area contributed by atoms with E-state index in [0.29, 0.717) is 11.3 Å². The van der Waals surface area contributed by atoms with Crippen molar-refractivity contribution in [1.82, 2.24) is 0 Å². The van der Waals surface area contributed by atoms with Gasteiger partial charge in [-0.25, -0.2) is 0 Å². The molecule has 2 aromatic rings. The molecule has 0 aromatic heterocycles. The molecule has 0 aliphatic heterocycles. The molecule has 0 spiro atoms. The van der Waals surface area contributed by atoms with E-state index in [4.69, 9.17) is 4.74 Å². The van der Waals surface area contributed by atoms with E-state index in [9.17, 15) is 9.59 Å². The lowest BCUT2D eigenvalue weighted by Crippen LogP contribution is -2.06. The fourth-order valence-corrected chi connectivity index (χ4v) is 2.23. The van der Waals surface area contributed by atoms with Crippen molar-refractivity contribution in [3.8, 4) is 5.75 Å². The zero-order valence-electron chi connectivity index (χ0n) is 14.6. The topological polar surface area (TPSA) is 55.4 Å². The minimum absolute atomic E-state index is 0.115. The van der Waals surface area contributed by atoms with Gasteiger partial charge in [-0.05, 0) is 42.3 Å². The van der Waals surface area contributed by atoms with Gasteiger partial charge in [0.2, 0.25) is 5.91 Å². The SMILES string of the molecule is CCCCOc1ccc(/C=C/C(=O)c2cccc(NC(C)=O)c2)cc1. The first-order valence-electron chi connectivity index (χ1n) is 8.41. The van der Waals surface area contributed by atoms with E-state index < -0.39 is 0 Å². The molecule has 0 aliphatic carbocycles. The van der Waals surface area contributed by atoms with Crippen molar-refractivity contribution >= 4 is 23.5 Å². The Balaban J connectivity index is 1.98. The van der Waals surface area contributed by atoms with Gasteiger partial charge in [-0.15, -0.1) is 0 Å². The van der Waals surface area contributed by atoms with E-state index in [0.717, 1.165) is 30.8 Å². The highest BCUT2D eigenvalue weighted by molar-refractivity contribution is 6.07. The molecule has 0 saturated heterocycles. The highest BCUT2D eigenvalue weighted by atomic mass is 16.5. The van der Waals surface area contributed by atoms with Crippen LogP contribution in [0.3, 0.4) is 0 Å². The quantitative estimate of drug-likeness (QED) is 0.431. The number of anilines is 1. The molecule has 0 bridgehead atoms. The van der Waals surface area contributed by atoms with Crippen molar-refractivity contribution in [3.05, 3.63) is 65.7 Å². The first-order chi connectivity index (χ1) is 12.1. The monoisotopic (exact) mass is 337 g/mol. The third-order valence-electron chi connectivity index (χ3n) is 3.54. The first kappa shape index (κ1) is 18.5. The Labute approximate surface area is 148 Å². The Morgan fingerprint density at radius 2 is 1.88 bits per heavy atom. The van der Waals surface area contributed by atoms with E-state index in [1.165, 1.54) is 13.0 Å². The summed E-state index contributed by atoms with van der Waals surface area (Å²) in [6, 6.07) is 14.5. The number of amides is 1. The summed E-state index contributed by atoms with van der Waals surface area (Å²) in [6.07, 6.45) is 5.43. The lowest BCUT2D eigenvalue weighted by atomic mass is 10.1. The summed E-state index contributed by atoms with van der Waals surface area (Å²) in [5.41, 5.74) is 2.07. The highest BCUT2D eigenvalue weighted by Gasteiger charge is 2.04. The number of allylic oxidation sites excluding steroid dienone is 1. The molecular formula is C21H23NO3. The molecule has 0 fully saturated rings. The lowest BCUT2D eigenvalue weighted by molar-refractivity contribution is -0.114. The van der Waals surface area contributed by atoms with Crippen molar-refractivity contribution < 1.29 is 14.3 Å². The molecule has 2 aromatic carbocycles. The van der Waals surface area contributed by atoms with Crippen LogP contribution in [0.5, 0.6) is 5.75 Å². The van der Waals surface area contributed by atoms with Crippen molar-refractivity contribution in [1.29, 1.82) is 0 Å². The Morgan fingerprint density at radius 3 is 2.56 bits per heavy atom. The number of benzene rings is 2. The van der Waals surface area contributed by atoms with Crippen molar-refractivity contribution in [2.45, 2.75) is 26.7 Å². The molecule has 130 valence electrons. The number of nitrogens with one attached hydrogen (secondary N) is 1. The maximum absolute atomic E-state index is 12.3. The zero-order chi connectivity index (χ0) is 18.1. The molecule has 0 saturated carbocycles. The molecule has 2 rings (SSSR count). The van der Waals surface area contributed by atoms with Crippen LogP contribution in [-0.2, 0) is 4.79 Å². The Hall–Kier alpha value is -2.88. The number of hydrogen-bond donors (Lipinski definition) is 1. The van der Waals surface area contributed by atoms with Gasteiger partial charge in [-0.2, -0.15) is 0 Å². The number of unbranched alkanes of at least 4 members (excludes halogenated alkanes) is 1. The van der Waals surface area contributed by atoms with E-state index in [1.807, 2.05) is 24.3 Å². The molecule has 0 aliphatic rings. The van der Waals surface area contributed by atoms with Gasteiger partial charge < -0.3 is 10.1 Å². The summed E-state index contributed by atoms with van der Waals surface area (Å²) in [5.74, 6) is 0.553. The second kappa shape index (κ2) is 9.42. The van der Waals surface area contributed by atoms with Crippen molar-refractivity contribution in [3.63, 3.8) is 0 Å². The first-order valence-corrected chi connectivity index (χ1v) is 8.41. The van der Waals surface area contributed by atoms with Crippen molar-refractivity contribution in [2.75, 3.05) is 11.9 Å². The molecule has 1 N–H and O–H groups in total. The number of carbonyl (C=O) groups is 2. The third kappa shape index (κ3) is 6.26. The molecule has 1 amide bonds. The standard InChI is InChI=1S/C21H23NO3/c1-3-4-14-25-20-11-8-17(9-12-20)10-13-21(24)18-6-5-7-19(15-18)22-16(2)23/h5-13,15H,3-4,14H2,1-2H3,(H,22,23)/b13-10+. The number of ether oxygens (including phenoxy) is 1. The van der Waals surface area contributed by atoms with E-state index in [1.54, 1.807) is 30.3 Å². The van der Waals surface area contributed by atoms with Crippen LogP contribution in [0.15, 0.2) is 54.6 Å². The summed E-state index contributed by atoms with van der Waals surface area (Å²) >= 11 is 0. The fraction of sp³-hybridized carbons (Fsp3) is 0.238. The van der Waals surface area contributed by atoms with Crippen LogP contribution in [0.1, 0.15) is 42.6 Å². The molecule has 0 radical (unpaired) electrons. The Bertz CT molecular complexity index is 748. The molecule has 0 heterocycles. The van der Waals surface area contributed by atoms with Crippen LogP contribution < -0.4 is 10.1 Å². The highest BCUT2D eigenvalue weighted by Crippen LogP contribution is 2.15. The van der Waals surface area contributed by atoms with E-state index in [2.05, 4.69) is 12.2 Å². The van der Waals surface area contributed by atoms with E-state index >= 15 is 0 Å². The summed E-state index contributed by atoms with van der Waals surface area (Å²) in [6.45, 7) is 4.28. The zero-order valence-corrected chi connectivity index (χ0v) is 14.6. The average molecular weight is 337 g/mol. The Kier molecular flexibility index (Phi) is 6.96. The Morgan fingerprint density at radius 1 is 1.12 bits per heavy atom. The molecule has 0 unspecified atom stereocenters. The van der Waals surface area contributed by atoms with Gasteiger partial charge in [0.1, 0.15) is 5.75 Å². The second-order valence-corrected chi connectivity index (χ2v) is 5.73. The largest absolute Gasteiger partial charge is 0.494 e. The maximum atomic E-state index is 12.3. The fourth-order valence-electron chi connectivity index (χ4n) is 2.23. The van der Waals surface area contributed by atoms with Crippen molar-refractivity contribution in [2.24, 2.45) is 0 Å². The molecular weight excluding hydrogens is 314 g/mol. The smallest absolute Gasteiger partial charge is 0.221 e. The molecule has 4 heteroatoms. The normalized spacial score (nSPS) is 10.6. The molecule has 4 nitrogen and oxygen atoms in total. The van der Waals surface area contributed by atoms with Gasteiger partial charge in [0.05, 0.1) is 6.61 Å². The number of carbonyl (C=O) groups excluding carboxylic acids is 2. The van der Waals surface area contributed by atoms with Gasteiger partial charge in [0.15, 0.2) is 5.78 Å². The second-order valence-electron chi connectivity index (χ2n) is 5.73. The van der Waals surface area contributed by atoms with Gasteiger partial charge in [-0.3, -0.25) is 9.59 Å². The van der Waals surface area contributed by atoms with Gasteiger partial charge >= 0.3 is 0 Å². The summed E-state index contributed by atoms with van der Waals surface area (Å²) in [4.78, 5) is 23.4. The lowest BCUT2D eigenvalue weighted by Gasteiger charge is -2.05. The van der Waals surface area contributed by atoms with Crippen LogP contribution in [0, 0.1) is 0 Å². The van der Waals surface area contributed by atoms with Gasteiger partial charge in [0.25, 0.3) is 0 Å². The third-order valence-corrected chi connectivity index (χ3v) is 3.54. The predicted molar refractivity (Wildman–Crippen MR) is 101 cm³/mol. The van der Waals surface area contributed by atoms with E-state index in [-0.39, 0.29) is 11.7 Å². The van der Waals surface area contributed by atoms with Gasteiger partial charge in [-0.1, -0.05) is 43.7 Å². The number of hydrogen-bond acceptors (Lipinski definition) is 3. The molecule has 0 atom stereocenters.